The minimum absolute atomic E-state index is 0. The van der Waals surface area contributed by atoms with Gasteiger partial charge >= 0.3 is 0 Å². The average Bonchev–Trinajstić information content (AvgIpc) is 3.31. The Kier molecular flexibility index (Phi) is 13.0. The molecule has 13 rings (SSSR count). The van der Waals surface area contributed by atoms with Gasteiger partial charge in [0.05, 0.1) is 41.9 Å². The van der Waals surface area contributed by atoms with Crippen LogP contribution in [-0.4, -0.2) is 27.6 Å². The first-order valence-corrected chi connectivity index (χ1v) is 29.3. The molecule has 4 aromatic heterocycles. The molecule has 0 aliphatic rings. The first-order valence-electron chi connectivity index (χ1n) is 27.8. The Bertz CT molecular complexity index is 4420. The van der Waals surface area contributed by atoms with Crippen LogP contribution in [-0.2, 0) is 20.1 Å². The minimum Gasteiger partial charge on any atom is -0.486 e. The minimum atomic E-state index is -2.19. The van der Waals surface area contributed by atoms with Gasteiger partial charge in [-0.25, -0.2) is 4.98 Å². The Morgan fingerprint density at radius 3 is 1.88 bits per heavy atom. The maximum atomic E-state index is 14.4. The maximum absolute atomic E-state index is 14.4. The van der Waals surface area contributed by atoms with Gasteiger partial charge < -0.3 is 14.0 Å². The molecule has 0 unspecified atom stereocenters. The van der Waals surface area contributed by atoms with Crippen molar-refractivity contribution in [3.8, 4) is 73.0 Å². The summed E-state index contributed by atoms with van der Waals surface area (Å²) in [6.07, 6.45) is 1.91. The molecule has 13 aromatic rings. The van der Waals surface area contributed by atoms with Crippen LogP contribution in [0.4, 0.5) is 4.39 Å². The van der Waals surface area contributed by atoms with Crippen molar-refractivity contribution in [2.45, 2.75) is 46.2 Å². The smallest absolute Gasteiger partial charge is 0.217 e. The number of nitrogens with zero attached hydrogens (tertiary/aromatic N) is 4. The number of pyridine rings is 2. The van der Waals surface area contributed by atoms with E-state index in [1.165, 1.54) is 11.3 Å². The van der Waals surface area contributed by atoms with Crippen molar-refractivity contribution < 1.29 is 34.4 Å². The molecule has 5 nitrogen and oxygen atoms in total. The van der Waals surface area contributed by atoms with E-state index in [9.17, 15) is 4.39 Å². The molecule has 1 radical (unpaired) electrons. The summed E-state index contributed by atoms with van der Waals surface area (Å²) in [7, 11) is -1.64. The Hall–Kier alpha value is -8.39. The molecular formula is C70H55FIrN4OSi-2. The number of hydrogen-bond donors (Lipinski definition) is 0. The first-order chi connectivity index (χ1) is 39.0. The van der Waals surface area contributed by atoms with Crippen molar-refractivity contribution in [1.29, 1.82) is 0 Å². The summed E-state index contributed by atoms with van der Waals surface area (Å²) < 4.78 is 55.6. The summed E-state index contributed by atoms with van der Waals surface area (Å²) in [6.45, 7) is 8.39. The van der Waals surface area contributed by atoms with Gasteiger partial charge in [0.1, 0.15) is 0 Å². The summed E-state index contributed by atoms with van der Waals surface area (Å²) in [5.74, 6) is -0.328. The SMILES string of the molecule is [2H]C(C)(C)c1cc(-c2[c-]cc(F)c(-c3ccccc3)c2)ncc1[Si](C)(C)C.[2H]C([2H])([2H])c1ccc(-c2nc3oc4c(-c5nc6ccccc6n5-c5c(-c6ccccc6)cccc5-c5ccccc5)[c-]ccc4c3c3ccccc23)cc1.[Ir]. The van der Waals surface area contributed by atoms with Gasteiger partial charge in [-0.3, -0.25) is 9.37 Å². The monoisotopic (exact) mass is 1210 g/mol. The van der Waals surface area contributed by atoms with Gasteiger partial charge in [0.15, 0.2) is 0 Å². The molecule has 383 valence electrons. The van der Waals surface area contributed by atoms with Crippen LogP contribution in [0.15, 0.2) is 223 Å². The van der Waals surface area contributed by atoms with Crippen LogP contribution in [0, 0.1) is 24.8 Å². The van der Waals surface area contributed by atoms with Gasteiger partial charge in [0.2, 0.25) is 5.71 Å². The molecule has 0 N–H and O–H groups in total. The number of halogens is 1. The Morgan fingerprint density at radius 2 is 1.24 bits per heavy atom. The quantitative estimate of drug-likeness (QED) is 0.107. The van der Waals surface area contributed by atoms with Crippen LogP contribution >= 0.6 is 0 Å². The van der Waals surface area contributed by atoms with Crippen molar-refractivity contribution in [2.24, 2.45) is 0 Å². The van der Waals surface area contributed by atoms with Crippen molar-refractivity contribution in [3.05, 3.63) is 248 Å². The molecule has 78 heavy (non-hydrogen) atoms. The number of furan rings is 1. The molecule has 8 heteroatoms. The third-order valence-corrected chi connectivity index (χ3v) is 16.2. The number of aryl methyl sites for hydroxylation is 1. The van der Waals surface area contributed by atoms with E-state index in [4.69, 9.17) is 19.9 Å². The van der Waals surface area contributed by atoms with Crippen molar-refractivity contribution >= 4 is 57.1 Å². The number of para-hydroxylation sites is 3. The Labute approximate surface area is 475 Å². The summed E-state index contributed by atoms with van der Waals surface area (Å²) >= 11 is 0. The largest absolute Gasteiger partial charge is 0.486 e. The van der Waals surface area contributed by atoms with Crippen LogP contribution in [0.2, 0.25) is 19.6 Å². The zero-order chi connectivity index (χ0) is 56.2. The van der Waals surface area contributed by atoms with Gasteiger partial charge in [-0.2, -0.15) is 0 Å². The standard InChI is InChI=1S/C47H30N3O.C23H25FNSi.Ir/c1-30-26-28-33(29-27-30)43-37-19-9-8-18-36(37)42-38-22-13-23-39(45(38)51-47(42)49-43)46-48-40-24-10-11-25-41(40)50(46)44-34(31-14-4-2-5-15-31)20-12-21-35(44)32-16-6-3-7-17-32;1-16(2)19-14-22(25-15-23(19)26(3,4)5)18-11-12-21(24)20(13-18)17-9-7-6-8-10-17;/h2-22,24-29H,1H3;6-10,12-16H,1-5H3;/q2*-1;/i1D3;16D;. The second-order valence-corrected chi connectivity index (χ2v) is 25.5. The van der Waals surface area contributed by atoms with E-state index in [0.717, 1.165) is 99.7 Å². The third-order valence-electron chi connectivity index (χ3n) is 14.2. The molecule has 0 spiro atoms. The fourth-order valence-electron chi connectivity index (χ4n) is 10.5. The molecule has 0 bridgehead atoms. The summed E-state index contributed by atoms with van der Waals surface area (Å²) in [5.41, 5.74) is 14.6. The van der Waals surface area contributed by atoms with Gasteiger partial charge in [0.25, 0.3) is 0 Å². The zero-order valence-electron chi connectivity index (χ0n) is 47.7. The number of rotatable bonds is 9. The predicted octanol–water partition coefficient (Wildman–Crippen LogP) is 18.3. The van der Waals surface area contributed by atoms with E-state index in [1.54, 1.807) is 18.2 Å². The molecule has 0 aliphatic heterocycles. The first kappa shape index (κ1) is 46.9. The molecule has 4 heterocycles. The Morgan fingerprint density at radius 1 is 0.628 bits per heavy atom. The van der Waals surface area contributed by atoms with Gasteiger partial charge in [-0.1, -0.05) is 237 Å². The molecule has 0 saturated heterocycles. The second-order valence-electron chi connectivity index (χ2n) is 20.5. The van der Waals surface area contributed by atoms with Crippen molar-refractivity contribution in [3.63, 3.8) is 0 Å². The molecular weight excluding hydrogens is 1150 g/mol. The van der Waals surface area contributed by atoms with E-state index >= 15 is 0 Å². The third kappa shape index (κ3) is 9.73. The average molecular weight is 1210 g/mol. The van der Waals surface area contributed by atoms with Crippen LogP contribution in [0.25, 0.3) is 117 Å². The summed E-state index contributed by atoms with van der Waals surface area (Å²) in [4.78, 5) is 15.1. The molecule has 0 fully saturated rings. The fourth-order valence-corrected chi connectivity index (χ4v) is 12.0. The van der Waals surface area contributed by atoms with E-state index < -0.39 is 20.8 Å². The predicted molar refractivity (Wildman–Crippen MR) is 320 cm³/mol. The van der Waals surface area contributed by atoms with Gasteiger partial charge in [-0.05, 0) is 57.8 Å². The number of benzene rings is 9. The second kappa shape index (κ2) is 21.6. The molecule has 0 amide bonds. The zero-order valence-corrected chi connectivity index (χ0v) is 47.1. The number of fused-ring (bicyclic) bond motifs is 6. The van der Waals surface area contributed by atoms with Crippen LogP contribution in [0.3, 0.4) is 0 Å². The van der Waals surface area contributed by atoms with Gasteiger partial charge in [-0.15, -0.1) is 42.0 Å². The normalized spacial score (nSPS) is 12.6. The Balaban J connectivity index is 0.000000213. The summed E-state index contributed by atoms with van der Waals surface area (Å²) in [5, 5.41) is 4.93. The van der Waals surface area contributed by atoms with Crippen LogP contribution in [0.1, 0.15) is 36.4 Å². The van der Waals surface area contributed by atoms with Crippen molar-refractivity contribution in [1.82, 2.24) is 19.5 Å². The molecule has 9 aromatic carbocycles. The summed E-state index contributed by atoms with van der Waals surface area (Å²) in [6, 6.07) is 75.8. The molecule has 0 saturated carbocycles. The molecule has 0 aliphatic carbocycles. The van der Waals surface area contributed by atoms with Crippen molar-refractivity contribution in [2.75, 3.05) is 0 Å². The molecule has 0 atom stereocenters. The van der Waals surface area contributed by atoms with E-state index in [0.29, 0.717) is 22.7 Å². The van der Waals surface area contributed by atoms with E-state index in [-0.39, 0.29) is 31.5 Å². The van der Waals surface area contributed by atoms with Gasteiger partial charge in [0, 0.05) is 65.1 Å². The van der Waals surface area contributed by atoms with Crippen LogP contribution < -0.4 is 5.19 Å². The fraction of sp³-hybridized carbons (Fsp3) is 0.100. The van der Waals surface area contributed by atoms with E-state index in [1.807, 2.05) is 123 Å². The topological polar surface area (TPSA) is 56.7 Å². The number of imidazole rings is 1. The maximum Gasteiger partial charge on any atom is 0.217 e. The van der Waals surface area contributed by atoms with Crippen LogP contribution in [0.5, 0.6) is 0 Å². The number of aromatic nitrogens is 4. The number of hydrogen-bond acceptors (Lipinski definition) is 4. The van der Waals surface area contributed by atoms with E-state index in [2.05, 4.69) is 126 Å².